The number of hydrogen-bond acceptors (Lipinski definition) is 6. The second-order valence-corrected chi connectivity index (χ2v) is 5.45. The Hall–Kier alpha value is -1.70. The number of rotatable bonds is 7. The van der Waals surface area contributed by atoms with Crippen LogP contribution in [0, 0.1) is 0 Å². The topological polar surface area (TPSA) is 90.4 Å². The first-order valence-electron chi connectivity index (χ1n) is 6.58. The predicted octanol–water partition coefficient (Wildman–Crippen LogP) is 0.764. The molecule has 0 saturated carbocycles. The van der Waals surface area contributed by atoms with Gasteiger partial charge in [-0.05, 0) is 12.2 Å². The third-order valence-corrected chi connectivity index (χ3v) is 3.42. The van der Waals surface area contributed by atoms with E-state index in [-0.39, 0.29) is 30.7 Å². The van der Waals surface area contributed by atoms with Gasteiger partial charge in [0.25, 0.3) is 5.56 Å². The average molecular weight is 316 g/mol. The fraction of sp³-hybridized carbons (Fsp3) is 0.615. The number of carbonyl (C=O) groups excluding carboxylic acids is 1. The molecule has 0 spiro atoms. The first-order valence-corrected chi connectivity index (χ1v) is 7.80. The van der Waals surface area contributed by atoms with Gasteiger partial charge in [-0.1, -0.05) is 13.8 Å². The van der Waals surface area contributed by atoms with Gasteiger partial charge < -0.3 is 9.57 Å². The molecule has 118 valence electrons. The van der Waals surface area contributed by atoms with E-state index >= 15 is 0 Å². The predicted molar refractivity (Wildman–Crippen MR) is 79.9 cm³/mol. The van der Waals surface area contributed by atoms with Gasteiger partial charge in [0.15, 0.2) is 0 Å². The van der Waals surface area contributed by atoms with Crippen molar-refractivity contribution in [1.29, 1.82) is 0 Å². The zero-order valence-electron chi connectivity index (χ0n) is 12.6. The molecular formula is C13H20N2O5S. The lowest BCUT2D eigenvalue weighted by Crippen LogP contribution is -2.38. The highest BCUT2D eigenvalue weighted by Gasteiger charge is 2.17. The lowest BCUT2D eigenvalue weighted by molar-refractivity contribution is -0.141. The molecule has 0 saturated heterocycles. The van der Waals surface area contributed by atoms with E-state index in [4.69, 9.17) is 9.57 Å². The Morgan fingerprint density at radius 1 is 1.33 bits per heavy atom. The summed E-state index contributed by atoms with van der Waals surface area (Å²) in [5, 5.41) is 0.492. The quantitative estimate of drug-likeness (QED) is 0.346. The molecule has 0 bridgehead atoms. The van der Waals surface area contributed by atoms with Crippen LogP contribution in [0.3, 0.4) is 0 Å². The summed E-state index contributed by atoms with van der Waals surface area (Å²) in [4.78, 5) is 42.0. The Bertz CT molecular complexity index is 606. The van der Waals surface area contributed by atoms with Gasteiger partial charge in [0, 0.05) is 13.3 Å². The Morgan fingerprint density at radius 3 is 2.52 bits per heavy atom. The molecular weight excluding hydrogens is 296 g/mol. The summed E-state index contributed by atoms with van der Waals surface area (Å²) in [6.45, 7) is 5.50. The van der Waals surface area contributed by atoms with Crippen molar-refractivity contribution in [2.45, 2.75) is 38.1 Å². The summed E-state index contributed by atoms with van der Waals surface area (Å²) in [6, 6.07) is 0. The van der Waals surface area contributed by atoms with Crippen molar-refractivity contribution < 1.29 is 14.4 Å². The molecule has 0 radical (unpaired) electrons. The third kappa shape index (κ3) is 4.66. The fourth-order valence-corrected chi connectivity index (χ4v) is 2.61. The number of carbonyl (C=O) groups is 1. The van der Waals surface area contributed by atoms with Crippen LogP contribution in [0.1, 0.15) is 38.7 Å². The van der Waals surface area contributed by atoms with Gasteiger partial charge in [0.2, 0.25) is 0 Å². The number of aromatic nitrogens is 2. The van der Waals surface area contributed by atoms with E-state index in [2.05, 4.69) is 4.98 Å². The van der Waals surface area contributed by atoms with E-state index < -0.39 is 5.69 Å². The molecule has 0 fully saturated rings. The molecule has 0 aliphatic heterocycles. The van der Waals surface area contributed by atoms with Crippen molar-refractivity contribution >= 4 is 17.7 Å². The normalized spacial score (nSPS) is 10.7. The van der Waals surface area contributed by atoms with E-state index in [0.717, 1.165) is 4.73 Å². The molecule has 1 aromatic rings. The molecule has 1 rings (SSSR count). The zero-order chi connectivity index (χ0) is 16.0. The number of nitrogens with one attached hydrogen (secondary N) is 1. The maximum Gasteiger partial charge on any atom is 0.362 e. The molecule has 1 aromatic heterocycles. The van der Waals surface area contributed by atoms with E-state index in [1.54, 1.807) is 6.26 Å². The fourth-order valence-electron chi connectivity index (χ4n) is 1.76. The second kappa shape index (κ2) is 7.92. The summed E-state index contributed by atoms with van der Waals surface area (Å²) >= 11 is 1.28. The van der Waals surface area contributed by atoms with Gasteiger partial charge in [0.05, 0.1) is 12.2 Å². The van der Waals surface area contributed by atoms with E-state index in [1.807, 2.05) is 13.8 Å². The summed E-state index contributed by atoms with van der Waals surface area (Å²) in [5.41, 5.74) is -0.484. The van der Waals surface area contributed by atoms with E-state index in [0.29, 0.717) is 17.0 Å². The highest BCUT2D eigenvalue weighted by atomic mass is 32.2. The minimum absolute atomic E-state index is 0.0345. The maximum atomic E-state index is 11.9. The highest BCUT2D eigenvalue weighted by molar-refractivity contribution is 7.98. The average Bonchev–Trinajstić information content (AvgIpc) is 2.38. The Kier molecular flexibility index (Phi) is 6.54. The van der Waals surface area contributed by atoms with Gasteiger partial charge >= 0.3 is 11.7 Å². The monoisotopic (exact) mass is 316 g/mol. The number of ether oxygens (including phenoxy) is 1. The maximum absolute atomic E-state index is 11.9. The van der Waals surface area contributed by atoms with Crippen molar-refractivity contribution in [2.24, 2.45) is 0 Å². The van der Waals surface area contributed by atoms with Crippen LogP contribution in [0.2, 0.25) is 0 Å². The molecule has 0 aliphatic carbocycles. The lowest BCUT2D eigenvalue weighted by Gasteiger charge is -2.16. The molecule has 7 nitrogen and oxygen atoms in total. The zero-order valence-corrected chi connectivity index (χ0v) is 13.4. The summed E-state index contributed by atoms with van der Waals surface area (Å²) in [6.07, 6.45) is 2.23. The number of esters is 1. The number of H-pyrrole nitrogens is 1. The smallest absolute Gasteiger partial charge is 0.362 e. The number of nitrogens with zero attached hydrogens (tertiary/aromatic N) is 1. The highest BCUT2D eigenvalue weighted by Crippen LogP contribution is 2.21. The second-order valence-electron chi connectivity index (χ2n) is 4.66. The molecule has 0 atom stereocenters. The molecule has 0 aromatic carbocycles. The first-order chi connectivity index (χ1) is 9.88. The van der Waals surface area contributed by atoms with Crippen molar-refractivity contribution in [3.63, 3.8) is 0 Å². The Morgan fingerprint density at radius 2 is 2.00 bits per heavy atom. The molecule has 0 aliphatic rings. The molecule has 1 N–H and O–H groups in total. The Labute approximate surface area is 126 Å². The van der Waals surface area contributed by atoms with Gasteiger partial charge in [-0.25, -0.2) is 4.79 Å². The summed E-state index contributed by atoms with van der Waals surface area (Å²) in [7, 11) is 0. The third-order valence-electron chi connectivity index (χ3n) is 2.65. The van der Waals surface area contributed by atoms with Crippen molar-refractivity contribution in [3.8, 4) is 0 Å². The lowest BCUT2D eigenvalue weighted by atomic mass is 10.1. The Balaban J connectivity index is 2.91. The van der Waals surface area contributed by atoms with Crippen LogP contribution in [0.4, 0.5) is 0 Å². The van der Waals surface area contributed by atoms with Gasteiger partial charge in [-0.15, -0.1) is 16.5 Å². The summed E-state index contributed by atoms with van der Waals surface area (Å²) in [5.74, 6) is -0.393. The standard InChI is InChI=1S/C13H20N2O5S/c1-8(2)10-11(17)14-13(18)15(12(10)21-4)20-7-5-6-19-9(3)16/h8H,5-7H2,1-4H3,(H,14,17,18). The van der Waals surface area contributed by atoms with Crippen LogP contribution in [0.15, 0.2) is 14.6 Å². The first kappa shape index (κ1) is 17.4. The van der Waals surface area contributed by atoms with Crippen molar-refractivity contribution in [3.05, 3.63) is 26.4 Å². The van der Waals surface area contributed by atoms with Crippen LogP contribution in [-0.2, 0) is 9.53 Å². The molecule has 0 amide bonds. The van der Waals surface area contributed by atoms with E-state index in [1.165, 1.54) is 18.7 Å². The van der Waals surface area contributed by atoms with Gasteiger partial charge in [-0.2, -0.15) is 0 Å². The molecule has 1 heterocycles. The largest absolute Gasteiger partial charge is 0.466 e. The molecule has 8 heteroatoms. The van der Waals surface area contributed by atoms with Crippen LogP contribution >= 0.6 is 11.8 Å². The van der Waals surface area contributed by atoms with Gasteiger partial charge in [0.1, 0.15) is 11.6 Å². The van der Waals surface area contributed by atoms with Crippen LogP contribution in [0.5, 0.6) is 0 Å². The van der Waals surface area contributed by atoms with Crippen LogP contribution in [-0.4, -0.2) is 35.2 Å². The van der Waals surface area contributed by atoms with Crippen molar-refractivity contribution in [1.82, 2.24) is 9.71 Å². The number of aromatic amines is 1. The SMILES string of the molecule is CSc1c(C(C)C)c(=O)[nH]c(=O)n1OCCCOC(C)=O. The van der Waals surface area contributed by atoms with Crippen LogP contribution < -0.4 is 16.1 Å². The van der Waals surface area contributed by atoms with Crippen LogP contribution in [0.25, 0.3) is 0 Å². The minimum Gasteiger partial charge on any atom is -0.466 e. The number of thioether (sulfide) groups is 1. The molecule has 0 unspecified atom stereocenters. The molecule has 21 heavy (non-hydrogen) atoms. The van der Waals surface area contributed by atoms with E-state index in [9.17, 15) is 14.4 Å². The summed E-state index contributed by atoms with van der Waals surface area (Å²) < 4.78 is 5.87. The van der Waals surface area contributed by atoms with Gasteiger partial charge in [-0.3, -0.25) is 14.6 Å². The minimum atomic E-state index is -0.610. The number of hydrogen-bond donors (Lipinski definition) is 1. The van der Waals surface area contributed by atoms with Crippen molar-refractivity contribution in [2.75, 3.05) is 19.5 Å².